The number of aliphatic hydroxyl groups excluding tert-OH is 2. The van der Waals surface area contributed by atoms with Crippen molar-refractivity contribution in [1.82, 2.24) is 0 Å². The Morgan fingerprint density at radius 2 is 1.66 bits per heavy atom. The largest absolute Gasteiger partial charge is 0.390 e. The van der Waals surface area contributed by atoms with Crippen LogP contribution in [0.15, 0.2) is 11.6 Å². The zero-order valence-electron chi connectivity index (χ0n) is 23.0. The van der Waals surface area contributed by atoms with Crippen molar-refractivity contribution in [3.63, 3.8) is 0 Å². The lowest BCUT2D eigenvalue weighted by atomic mass is 9.38. The molecule has 3 saturated carbocycles. The van der Waals surface area contributed by atoms with Gasteiger partial charge in [0.25, 0.3) is 0 Å². The second kappa shape index (κ2) is 7.51. The van der Waals surface area contributed by atoms with Crippen LogP contribution in [-0.2, 0) is 14.3 Å². The molecule has 35 heavy (non-hydrogen) atoms. The molecule has 0 aromatic rings. The van der Waals surface area contributed by atoms with Gasteiger partial charge in [0.2, 0.25) is 0 Å². The summed E-state index contributed by atoms with van der Waals surface area (Å²) in [5.41, 5.74) is -0.575. The molecule has 0 radical (unpaired) electrons. The molecular formula is C30H46O5. The maximum Gasteiger partial charge on any atom is 0.140 e. The first-order chi connectivity index (χ1) is 16.0. The summed E-state index contributed by atoms with van der Waals surface area (Å²) >= 11 is 0. The first kappa shape index (κ1) is 25.6. The molecule has 4 aliphatic carbocycles. The summed E-state index contributed by atoms with van der Waals surface area (Å²) in [5.74, 6) is 0.634. The van der Waals surface area contributed by atoms with E-state index < -0.39 is 23.0 Å². The number of carbonyl (C=O) groups excluding carboxylic acids is 2. The molecule has 5 rings (SSSR count). The second-order valence-electron chi connectivity index (χ2n) is 15.0. The van der Waals surface area contributed by atoms with Crippen LogP contribution in [0.25, 0.3) is 0 Å². The van der Waals surface area contributed by atoms with Gasteiger partial charge in [-0.1, -0.05) is 67.0 Å². The van der Waals surface area contributed by atoms with Crippen LogP contribution in [0.3, 0.4) is 0 Å². The maximum absolute atomic E-state index is 14.3. The van der Waals surface area contributed by atoms with E-state index in [1.165, 1.54) is 0 Å². The smallest absolute Gasteiger partial charge is 0.140 e. The highest BCUT2D eigenvalue weighted by atomic mass is 16.5. The van der Waals surface area contributed by atoms with Crippen molar-refractivity contribution in [3.8, 4) is 0 Å². The molecule has 5 heteroatoms. The third-order valence-corrected chi connectivity index (χ3v) is 12.0. The zero-order valence-corrected chi connectivity index (χ0v) is 23.0. The molecule has 0 bridgehead atoms. The third-order valence-electron chi connectivity index (χ3n) is 12.0. The third kappa shape index (κ3) is 3.23. The molecule has 2 N–H and O–H groups in total. The predicted octanol–water partition coefficient (Wildman–Crippen LogP) is 4.88. The monoisotopic (exact) mass is 486 g/mol. The Kier molecular flexibility index (Phi) is 5.49. The fraction of sp³-hybridized carbons (Fsp3) is 0.867. The van der Waals surface area contributed by atoms with E-state index in [9.17, 15) is 19.8 Å². The van der Waals surface area contributed by atoms with E-state index in [0.717, 1.165) is 18.4 Å². The van der Waals surface area contributed by atoms with Gasteiger partial charge in [-0.05, 0) is 53.3 Å². The quantitative estimate of drug-likeness (QED) is 0.477. The number of hydrogen-bond acceptors (Lipinski definition) is 5. The minimum atomic E-state index is -0.834. The van der Waals surface area contributed by atoms with E-state index >= 15 is 0 Å². The molecular weight excluding hydrogens is 440 g/mol. The average molecular weight is 487 g/mol. The standard InChI is InChI=1S/C30H46O5/c1-26(2,3)24-12-16(31)11-19-21(35-24)14-29(7)22-10-9-17-18(13-20(32)25(34)27(17,4)5)30(22,8)23(33)15-28(19,29)6/h9,18-22,24-25,32,34H,10-15H2,1-8H3/t18-,19+,20-,21+,22+,24+,25-,28-,29+,30+/m1/s1. The molecule has 10 atom stereocenters. The van der Waals surface area contributed by atoms with Gasteiger partial charge in [0.15, 0.2) is 0 Å². The normalized spacial score (nSPS) is 51.5. The number of rotatable bonds is 0. The number of ether oxygens (including phenoxy) is 1. The fourth-order valence-corrected chi connectivity index (χ4v) is 9.44. The summed E-state index contributed by atoms with van der Waals surface area (Å²) in [6.07, 6.45) is 4.02. The molecule has 196 valence electrons. The summed E-state index contributed by atoms with van der Waals surface area (Å²) in [7, 11) is 0. The van der Waals surface area contributed by atoms with Crippen LogP contribution in [0.1, 0.15) is 93.9 Å². The Hall–Kier alpha value is -1.04. The number of ketones is 2. The van der Waals surface area contributed by atoms with Crippen molar-refractivity contribution in [1.29, 1.82) is 0 Å². The van der Waals surface area contributed by atoms with Gasteiger partial charge in [0, 0.05) is 30.1 Å². The van der Waals surface area contributed by atoms with Crippen LogP contribution < -0.4 is 0 Å². The van der Waals surface area contributed by atoms with E-state index in [0.29, 0.717) is 25.7 Å². The molecule has 4 fully saturated rings. The van der Waals surface area contributed by atoms with Crippen molar-refractivity contribution < 1.29 is 24.5 Å². The number of Topliss-reactive ketones (excluding diaryl/α,β-unsaturated/α-hetero) is 2. The van der Waals surface area contributed by atoms with Crippen LogP contribution in [0.5, 0.6) is 0 Å². The number of allylic oxidation sites excluding steroid dienone is 1. The lowest BCUT2D eigenvalue weighted by Crippen LogP contribution is -2.64. The van der Waals surface area contributed by atoms with Gasteiger partial charge in [-0.3, -0.25) is 9.59 Å². The van der Waals surface area contributed by atoms with Gasteiger partial charge in [-0.15, -0.1) is 0 Å². The van der Waals surface area contributed by atoms with Crippen LogP contribution in [0.4, 0.5) is 0 Å². The summed E-state index contributed by atoms with van der Waals surface area (Å²) in [6, 6.07) is 0. The summed E-state index contributed by atoms with van der Waals surface area (Å²) in [4.78, 5) is 27.4. The summed E-state index contributed by atoms with van der Waals surface area (Å²) in [5, 5.41) is 21.6. The summed E-state index contributed by atoms with van der Waals surface area (Å²) in [6.45, 7) is 17.2. The highest BCUT2D eigenvalue weighted by molar-refractivity contribution is 5.88. The molecule has 1 aliphatic heterocycles. The minimum Gasteiger partial charge on any atom is -0.390 e. The summed E-state index contributed by atoms with van der Waals surface area (Å²) < 4.78 is 6.79. The van der Waals surface area contributed by atoms with E-state index in [-0.39, 0.29) is 57.8 Å². The Balaban J connectivity index is 1.59. The van der Waals surface area contributed by atoms with E-state index in [1.54, 1.807) is 0 Å². The Morgan fingerprint density at radius 1 is 1.00 bits per heavy atom. The highest BCUT2D eigenvalue weighted by Gasteiger charge is 2.72. The molecule has 5 nitrogen and oxygen atoms in total. The SMILES string of the molecule is CC(C)(C)[C@@H]1CC(=O)C[C@H]2[C@H](C[C@@]3(C)[C@@H]4CC=C5[C@@H](C[C@@H](O)[C@@H](O)C5(C)C)[C@]4(C)C(=O)C[C@]23C)O1. The highest BCUT2D eigenvalue weighted by Crippen LogP contribution is 2.74. The number of hydrogen-bond donors (Lipinski definition) is 2. The molecule has 1 saturated heterocycles. The van der Waals surface area contributed by atoms with Gasteiger partial charge < -0.3 is 14.9 Å². The van der Waals surface area contributed by atoms with Crippen molar-refractivity contribution in [2.45, 2.75) is 118 Å². The van der Waals surface area contributed by atoms with E-state index in [2.05, 4.69) is 47.6 Å². The van der Waals surface area contributed by atoms with E-state index in [4.69, 9.17) is 4.74 Å². The minimum absolute atomic E-state index is 0.0172. The molecule has 1 heterocycles. The fourth-order valence-electron chi connectivity index (χ4n) is 9.44. The van der Waals surface area contributed by atoms with Crippen molar-refractivity contribution >= 4 is 11.6 Å². The van der Waals surface area contributed by atoms with Crippen molar-refractivity contribution in [2.75, 3.05) is 0 Å². The molecule has 0 unspecified atom stereocenters. The maximum atomic E-state index is 14.3. The lowest BCUT2D eigenvalue weighted by molar-refractivity contribution is -0.176. The first-order valence-electron chi connectivity index (χ1n) is 13.7. The Labute approximate surface area is 211 Å². The van der Waals surface area contributed by atoms with Crippen LogP contribution in [0.2, 0.25) is 0 Å². The zero-order chi connectivity index (χ0) is 25.9. The molecule has 0 aromatic heterocycles. The van der Waals surface area contributed by atoms with E-state index in [1.807, 2.05) is 13.8 Å². The average Bonchev–Trinajstić information content (AvgIpc) is 2.84. The van der Waals surface area contributed by atoms with Gasteiger partial charge in [-0.2, -0.15) is 0 Å². The molecule has 0 aromatic carbocycles. The molecule has 0 spiro atoms. The number of fused-ring (bicyclic) bond motifs is 7. The van der Waals surface area contributed by atoms with Gasteiger partial charge >= 0.3 is 0 Å². The van der Waals surface area contributed by atoms with Crippen LogP contribution in [-0.4, -0.2) is 46.2 Å². The molecule has 0 amide bonds. The van der Waals surface area contributed by atoms with Gasteiger partial charge in [0.05, 0.1) is 24.4 Å². The lowest BCUT2D eigenvalue weighted by Gasteiger charge is -2.64. The second-order valence-corrected chi connectivity index (χ2v) is 15.0. The Bertz CT molecular complexity index is 974. The van der Waals surface area contributed by atoms with Crippen molar-refractivity contribution in [2.24, 2.45) is 44.8 Å². The van der Waals surface area contributed by atoms with Crippen LogP contribution in [0, 0.1) is 44.8 Å². The predicted molar refractivity (Wildman–Crippen MR) is 135 cm³/mol. The van der Waals surface area contributed by atoms with Crippen LogP contribution >= 0.6 is 0 Å². The van der Waals surface area contributed by atoms with Gasteiger partial charge in [-0.25, -0.2) is 0 Å². The first-order valence-corrected chi connectivity index (χ1v) is 13.7. The number of carbonyl (C=O) groups is 2. The van der Waals surface area contributed by atoms with Crippen molar-refractivity contribution in [3.05, 3.63) is 11.6 Å². The molecule has 5 aliphatic rings. The van der Waals surface area contributed by atoms with Gasteiger partial charge in [0.1, 0.15) is 11.6 Å². The number of aliphatic hydroxyl groups is 2. The topological polar surface area (TPSA) is 83.8 Å². The Morgan fingerprint density at radius 3 is 2.29 bits per heavy atom.